The first kappa shape index (κ1) is 12.2. The van der Waals surface area contributed by atoms with Crippen LogP contribution in [0.2, 0.25) is 0 Å². The fourth-order valence-electron chi connectivity index (χ4n) is 5.46. The van der Waals surface area contributed by atoms with E-state index in [2.05, 4.69) is 11.4 Å². The summed E-state index contributed by atoms with van der Waals surface area (Å²) < 4.78 is 6.09. The number of carbonyl (C=O) groups is 1. The predicted octanol–water partition coefficient (Wildman–Crippen LogP) is 0.943. The van der Waals surface area contributed by atoms with Crippen molar-refractivity contribution in [3.05, 3.63) is 29.3 Å². The molecule has 0 aromatic heterocycles. The van der Waals surface area contributed by atoms with E-state index in [-0.39, 0.29) is 17.7 Å². The molecule has 4 heteroatoms. The molecule has 4 nitrogen and oxygen atoms in total. The topological polar surface area (TPSA) is 58.6 Å². The summed E-state index contributed by atoms with van der Waals surface area (Å²) in [5.41, 5.74) is 0.953. The van der Waals surface area contributed by atoms with Gasteiger partial charge < -0.3 is 15.2 Å². The lowest BCUT2D eigenvalue weighted by Crippen LogP contribution is -2.77. The maximum absolute atomic E-state index is 12.7. The van der Waals surface area contributed by atoms with Crippen molar-refractivity contribution >= 4 is 5.78 Å². The highest BCUT2D eigenvalue weighted by Gasteiger charge is 2.72. The van der Waals surface area contributed by atoms with Gasteiger partial charge in [-0.25, -0.2) is 0 Å². The predicted molar refractivity (Wildman–Crippen MR) is 76.4 cm³/mol. The monoisotopic (exact) mass is 285 g/mol. The number of hydrogen-bond acceptors (Lipinski definition) is 4. The third-order valence-electron chi connectivity index (χ3n) is 6.30. The highest BCUT2D eigenvalue weighted by Crippen LogP contribution is 2.62. The van der Waals surface area contributed by atoms with E-state index in [4.69, 9.17) is 4.74 Å². The second kappa shape index (κ2) is 3.50. The number of ketones is 1. The molecule has 2 aliphatic heterocycles. The zero-order valence-corrected chi connectivity index (χ0v) is 12.1. The maximum atomic E-state index is 12.7. The Kier molecular flexibility index (Phi) is 2.03. The zero-order valence-electron chi connectivity index (χ0n) is 12.1. The van der Waals surface area contributed by atoms with Crippen molar-refractivity contribution in [1.29, 1.82) is 0 Å². The quantitative estimate of drug-likeness (QED) is 0.745. The highest BCUT2D eigenvalue weighted by atomic mass is 16.5. The van der Waals surface area contributed by atoms with E-state index in [1.165, 1.54) is 5.56 Å². The Hall–Kier alpha value is -1.39. The number of hydrogen-bond donors (Lipinski definition) is 2. The third-order valence-corrected chi connectivity index (χ3v) is 6.30. The highest BCUT2D eigenvalue weighted by molar-refractivity contribution is 5.91. The van der Waals surface area contributed by atoms with Gasteiger partial charge in [-0.15, -0.1) is 0 Å². The largest absolute Gasteiger partial charge is 0.481 e. The van der Waals surface area contributed by atoms with E-state index in [9.17, 15) is 9.90 Å². The van der Waals surface area contributed by atoms with E-state index in [0.29, 0.717) is 6.42 Å². The van der Waals surface area contributed by atoms with Crippen molar-refractivity contribution in [2.75, 3.05) is 6.54 Å². The van der Waals surface area contributed by atoms with Gasteiger partial charge >= 0.3 is 0 Å². The minimum absolute atomic E-state index is 0.0220. The number of carbonyl (C=O) groups excluding carboxylic acids is 1. The number of benzene rings is 1. The smallest absolute Gasteiger partial charge is 0.177 e. The fourth-order valence-corrected chi connectivity index (χ4v) is 5.46. The molecule has 5 rings (SSSR count). The second-order valence-electron chi connectivity index (χ2n) is 7.15. The minimum Gasteiger partial charge on any atom is -0.481 e. The molecule has 2 bridgehead atoms. The van der Waals surface area contributed by atoms with Crippen molar-refractivity contribution in [1.82, 2.24) is 5.32 Å². The van der Waals surface area contributed by atoms with Gasteiger partial charge in [-0.05, 0) is 37.4 Å². The molecule has 4 aliphatic rings. The van der Waals surface area contributed by atoms with Gasteiger partial charge in [0.05, 0.1) is 11.0 Å². The van der Waals surface area contributed by atoms with Gasteiger partial charge in [0, 0.05) is 17.5 Å². The summed E-state index contributed by atoms with van der Waals surface area (Å²) in [4.78, 5) is 12.7. The van der Waals surface area contributed by atoms with Crippen LogP contribution in [0, 0.1) is 5.92 Å². The molecule has 21 heavy (non-hydrogen) atoms. The first-order valence-electron chi connectivity index (χ1n) is 7.86. The lowest BCUT2D eigenvalue weighted by molar-refractivity contribution is -0.174. The molecule has 1 spiro atoms. The summed E-state index contributed by atoms with van der Waals surface area (Å²) in [6.45, 7) is 2.76. The van der Waals surface area contributed by atoms with Crippen LogP contribution < -0.4 is 10.1 Å². The Morgan fingerprint density at radius 1 is 1.43 bits per heavy atom. The first-order valence-corrected chi connectivity index (χ1v) is 7.86. The van der Waals surface area contributed by atoms with Crippen LogP contribution in [0.3, 0.4) is 0 Å². The Balaban J connectivity index is 1.86. The van der Waals surface area contributed by atoms with Crippen molar-refractivity contribution in [3.8, 4) is 5.75 Å². The summed E-state index contributed by atoms with van der Waals surface area (Å²) in [5, 5.41) is 15.1. The van der Waals surface area contributed by atoms with Crippen LogP contribution in [0.5, 0.6) is 5.75 Å². The molecule has 2 N–H and O–H groups in total. The van der Waals surface area contributed by atoms with Gasteiger partial charge in [0.25, 0.3) is 0 Å². The van der Waals surface area contributed by atoms with Crippen molar-refractivity contribution in [2.45, 2.75) is 49.3 Å². The fraction of sp³-hybridized carbons (Fsp3) is 0.588. The number of ether oxygens (including phenoxy) is 1. The molecule has 1 saturated carbocycles. The number of rotatable bonds is 0. The van der Waals surface area contributed by atoms with Gasteiger partial charge in [0.1, 0.15) is 5.75 Å². The molecule has 2 heterocycles. The zero-order chi connectivity index (χ0) is 14.4. The molecular weight excluding hydrogens is 266 g/mol. The van der Waals surface area contributed by atoms with Crippen molar-refractivity contribution < 1.29 is 14.6 Å². The van der Waals surface area contributed by atoms with Crippen molar-refractivity contribution in [3.63, 3.8) is 0 Å². The minimum atomic E-state index is -0.872. The molecule has 5 atom stereocenters. The number of nitrogens with one attached hydrogen (secondary N) is 1. The molecule has 1 aromatic carbocycles. The molecule has 2 aliphatic carbocycles. The van der Waals surface area contributed by atoms with Gasteiger partial charge in [0.2, 0.25) is 0 Å². The molecule has 1 saturated heterocycles. The number of aliphatic hydroxyl groups is 1. The first-order chi connectivity index (χ1) is 10.1. The van der Waals surface area contributed by atoms with Gasteiger partial charge in [-0.1, -0.05) is 19.1 Å². The van der Waals surface area contributed by atoms with Crippen LogP contribution in [0.15, 0.2) is 18.2 Å². The summed E-state index contributed by atoms with van der Waals surface area (Å²) in [6, 6.07) is 6.09. The van der Waals surface area contributed by atoms with Crippen LogP contribution in [0.1, 0.15) is 30.9 Å². The molecule has 0 amide bonds. The SMILES string of the molecule is C[C@@H]1C[C@@]2(O)[C@H]3Cc4cccc5c4[C@@]2(CCN3)[C@@H](O5)C1=O. The molecule has 0 radical (unpaired) electrons. The summed E-state index contributed by atoms with van der Waals surface area (Å²) >= 11 is 0. The van der Waals surface area contributed by atoms with Crippen molar-refractivity contribution in [2.24, 2.45) is 5.92 Å². The Labute approximate surface area is 123 Å². The van der Waals surface area contributed by atoms with E-state index >= 15 is 0 Å². The van der Waals surface area contributed by atoms with E-state index in [0.717, 1.165) is 30.7 Å². The van der Waals surface area contributed by atoms with E-state index in [1.807, 2.05) is 19.1 Å². The Morgan fingerprint density at radius 2 is 2.29 bits per heavy atom. The van der Waals surface area contributed by atoms with E-state index in [1.54, 1.807) is 0 Å². The Bertz CT molecular complexity index is 672. The van der Waals surface area contributed by atoms with Crippen LogP contribution in [-0.2, 0) is 16.6 Å². The lowest BCUT2D eigenvalue weighted by atomic mass is 9.48. The molecule has 2 fully saturated rings. The summed E-state index contributed by atoms with van der Waals surface area (Å²) in [6.07, 6.45) is 1.62. The number of Topliss-reactive ketones (excluding diaryl/α,β-unsaturated/α-hetero) is 1. The summed E-state index contributed by atoms with van der Waals surface area (Å²) in [7, 11) is 0. The average Bonchev–Trinajstić information content (AvgIpc) is 2.77. The van der Waals surface area contributed by atoms with Crippen LogP contribution in [0.4, 0.5) is 0 Å². The average molecular weight is 285 g/mol. The van der Waals surface area contributed by atoms with Crippen LogP contribution >= 0.6 is 0 Å². The molecular formula is C17H19NO3. The van der Waals surface area contributed by atoms with Crippen LogP contribution in [0.25, 0.3) is 0 Å². The third kappa shape index (κ3) is 1.12. The second-order valence-corrected chi connectivity index (χ2v) is 7.15. The maximum Gasteiger partial charge on any atom is 0.177 e. The van der Waals surface area contributed by atoms with E-state index < -0.39 is 17.1 Å². The molecule has 0 unspecified atom stereocenters. The molecule has 1 aromatic rings. The lowest BCUT2D eigenvalue weighted by Gasteiger charge is -2.60. The Morgan fingerprint density at radius 3 is 3.14 bits per heavy atom. The van der Waals surface area contributed by atoms with Crippen LogP contribution in [-0.4, -0.2) is 35.2 Å². The normalized spacial score (nSPS) is 46.0. The standard InChI is InChI=1S/C17H19NO3/c1-9-8-17(20)12-7-10-3-2-4-11-13(10)16(17,5-6-18-12)15(21-11)14(9)19/h2-4,9,12,15,18,20H,5-8H2,1H3/t9-,12-,15+,16+,17-/m1/s1. The summed E-state index contributed by atoms with van der Waals surface area (Å²) in [5.74, 6) is 0.828. The van der Waals surface area contributed by atoms with Gasteiger partial charge in [-0.2, -0.15) is 0 Å². The number of piperidine rings is 1. The molecule has 110 valence electrons. The van der Waals surface area contributed by atoms with Gasteiger partial charge in [0.15, 0.2) is 11.9 Å². The van der Waals surface area contributed by atoms with Gasteiger partial charge in [-0.3, -0.25) is 4.79 Å².